The molecule has 1 aromatic carbocycles. The molecule has 0 N–H and O–H groups in total. The van der Waals surface area contributed by atoms with Gasteiger partial charge in [-0.2, -0.15) is 0 Å². The van der Waals surface area contributed by atoms with Crippen LogP contribution in [-0.2, 0) is 16.7 Å². The molecule has 0 saturated heterocycles. The van der Waals surface area contributed by atoms with E-state index in [0.29, 0.717) is 6.61 Å². The second-order valence-electron chi connectivity index (χ2n) is 3.05. The van der Waals surface area contributed by atoms with Crippen LogP contribution in [0.4, 0.5) is 0 Å². The minimum absolute atomic E-state index is 0.514. The molecular formula is C11H15BrO3. The number of rotatable bonds is 5. The van der Waals surface area contributed by atoms with Gasteiger partial charge in [0.2, 0.25) is 0 Å². The maximum absolute atomic E-state index is 5.35. The van der Waals surface area contributed by atoms with E-state index in [0.717, 1.165) is 28.0 Å². The fourth-order valence-electron chi connectivity index (χ4n) is 1.46. The lowest BCUT2D eigenvalue weighted by Gasteiger charge is -2.13. The molecule has 0 unspecified atom stereocenters. The minimum Gasteiger partial charge on any atom is -0.497 e. The molecular weight excluding hydrogens is 260 g/mol. The van der Waals surface area contributed by atoms with Crippen LogP contribution < -0.4 is 9.47 Å². The summed E-state index contributed by atoms with van der Waals surface area (Å²) in [6.45, 7) is 0.514. The van der Waals surface area contributed by atoms with E-state index in [1.807, 2.05) is 12.1 Å². The third kappa shape index (κ3) is 2.86. The van der Waals surface area contributed by atoms with Crippen LogP contribution in [0.3, 0.4) is 0 Å². The number of methoxy groups -OCH3 is 3. The van der Waals surface area contributed by atoms with Crippen molar-refractivity contribution in [3.05, 3.63) is 23.3 Å². The van der Waals surface area contributed by atoms with Crippen LogP contribution in [-0.4, -0.2) is 21.3 Å². The van der Waals surface area contributed by atoms with Crippen molar-refractivity contribution in [2.75, 3.05) is 21.3 Å². The Balaban J connectivity index is 3.19. The van der Waals surface area contributed by atoms with E-state index < -0.39 is 0 Å². The van der Waals surface area contributed by atoms with Crippen LogP contribution in [0.25, 0.3) is 0 Å². The first-order chi connectivity index (χ1) is 7.26. The Morgan fingerprint density at radius 3 is 2.20 bits per heavy atom. The van der Waals surface area contributed by atoms with Crippen LogP contribution in [0.1, 0.15) is 11.1 Å². The molecule has 0 radical (unpaired) electrons. The number of benzene rings is 1. The molecule has 0 aliphatic rings. The Labute approximate surface area is 98.5 Å². The van der Waals surface area contributed by atoms with Crippen molar-refractivity contribution >= 4 is 15.9 Å². The predicted octanol–water partition coefficient (Wildman–Crippen LogP) is 2.75. The highest BCUT2D eigenvalue weighted by atomic mass is 79.9. The molecule has 1 aromatic rings. The van der Waals surface area contributed by atoms with Crippen LogP contribution >= 0.6 is 15.9 Å². The predicted molar refractivity (Wildman–Crippen MR) is 62.9 cm³/mol. The second kappa shape index (κ2) is 5.98. The van der Waals surface area contributed by atoms with Crippen LogP contribution in [0.5, 0.6) is 11.5 Å². The fraction of sp³-hybridized carbons (Fsp3) is 0.455. The molecule has 0 bridgehead atoms. The van der Waals surface area contributed by atoms with Crippen molar-refractivity contribution in [1.82, 2.24) is 0 Å². The fourth-order valence-corrected chi connectivity index (χ4v) is 1.88. The van der Waals surface area contributed by atoms with Crippen LogP contribution in [0.15, 0.2) is 12.1 Å². The van der Waals surface area contributed by atoms with E-state index in [-0.39, 0.29) is 0 Å². The Bertz CT molecular complexity index is 326. The van der Waals surface area contributed by atoms with Crippen molar-refractivity contribution < 1.29 is 14.2 Å². The molecule has 4 heteroatoms. The molecule has 0 heterocycles. The minimum atomic E-state index is 0.514. The third-order valence-corrected chi connectivity index (χ3v) is 2.70. The third-order valence-electron chi connectivity index (χ3n) is 2.10. The number of ether oxygens (including phenoxy) is 3. The molecule has 0 saturated carbocycles. The first kappa shape index (κ1) is 12.3. The highest BCUT2D eigenvalue weighted by Gasteiger charge is 2.11. The molecule has 0 fully saturated rings. The Morgan fingerprint density at radius 2 is 1.73 bits per heavy atom. The Morgan fingerprint density at radius 1 is 1.07 bits per heavy atom. The highest BCUT2D eigenvalue weighted by molar-refractivity contribution is 9.08. The van der Waals surface area contributed by atoms with Gasteiger partial charge in [0.05, 0.1) is 20.8 Å². The summed E-state index contributed by atoms with van der Waals surface area (Å²) in [6.07, 6.45) is 0. The molecule has 15 heavy (non-hydrogen) atoms. The number of halogens is 1. The molecule has 0 spiro atoms. The average molecular weight is 275 g/mol. The normalized spacial score (nSPS) is 10.1. The summed E-state index contributed by atoms with van der Waals surface area (Å²) in [5.41, 5.74) is 2.05. The van der Waals surface area contributed by atoms with E-state index in [4.69, 9.17) is 14.2 Å². The number of alkyl halides is 1. The lowest BCUT2D eigenvalue weighted by atomic mass is 10.1. The highest BCUT2D eigenvalue weighted by Crippen LogP contribution is 2.31. The monoisotopic (exact) mass is 274 g/mol. The quantitative estimate of drug-likeness (QED) is 0.773. The summed E-state index contributed by atoms with van der Waals surface area (Å²) in [7, 11) is 4.97. The molecule has 0 amide bonds. The molecule has 0 aliphatic heterocycles. The van der Waals surface area contributed by atoms with E-state index >= 15 is 0 Å². The van der Waals surface area contributed by atoms with Gasteiger partial charge < -0.3 is 14.2 Å². The molecule has 0 aliphatic carbocycles. The lowest BCUT2D eigenvalue weighted by Crippen LogP contribution is -1.99. The molecule has 3 nitrogen and oxygen atoms in total. The van der Waals surface area contributed by atoms with Crippen molar-refractivity contribution in [2.45, 2.75) is 11.9 Å². The van der Waals surface area contributed by atoms with Gasteiger partial charge in [-0.05, 0) is 12.1 Å². The standard InChI is InChI=1S/C11H15BrO3/c1-13-7-9-5-10(14-2)4-8(6-12)11(9)15-3/h4-5H,6-7H2,1-3H3. The number of hydrogen-bond donors (Lipinski definition) is 0. The van der Waals surface area contributed by atoms with Gasteiger partial charge in [0, 0.05) is 23.6 Å². The van der Waals surface area contributed by atoms with Crippen LogP contribution in [0.2, 0.25) is 0 Å². The first-order valence-electron chi connectivity index (χ1n) is 4.55. The smallest absolute Gasteiger partial charge is 0.128 e. The zero-order valence-corrected chi connectivity index (χ0v) is 10.8. The zero-order chi connectivity index (χ0) is 11.3. The van der Waals surface area contributed by atoms with E-state index in [1.54, 1.807) is 21.3 Å². The van der Waals surface area contributed by atoms with Gasteiger partial charge in [0.25, 0.3) is 0 Å². The van der Waals surface area contributed by atoms with Crippen molar-refractivity contribution in [2.24, 2.45) is 0 Å². The van der Waals surface area contributed by atoms with Gasteiger partial charge >= 0.3 is 0 Å². The summed E-state index contributed by atoms with van der Waals surface area (Å²) in [6, 6.07) is 3.88. The topological polar surface area (TPSA) is 27.7 Å². The second-order valence-corrected chi connectivity index (χ2v) is 3.61. The average Bonchev–Trinajstić information content (AvgIpc) is 2.28. The number of hydrogen-bond acceptors (Lipinski definition) is 3. The summed E-state index contributed by atoms with van der Waals surface area (Å²) < 4.78 is 15.7. The largest absolute Gasteiger partial charge is 0.497 e. The summed E-state index contributed by atoms with van der Waals surface area (Å²) in [4.78, 5) is 0. The Hall–Kier alpha value is -0.740. The van der Waals surface area contributed by atoms with E-state index in [9.17, 15) is 0 Å². The summed E-state index contributed by atoms with van der Waals surface area (Å²) in [5.74, 6) is 1.67. The summed E-state index contributed by atoms with van der Waals surface area (Å²) >= 11 is 3.42. The van der Waals surface area contributed by atoms with Crippen LogP contribution in [0, 0.1) is 0 Å². The van der Waals surface area contributed by atoms with Gasteiger partial charge in [-0.3, -0.25) is 0 Å². The van der Waals surface area contributed by atoms with Gasteiger partial charge in [-0.25, -0.2) is 0 Å². The maximum atomic E-state index is 5.35. The van der Waals surface area contributed by atoms with E-state index in [1.165, 1.54) is 0 Å². The lowest BCUT2D eigenvalue weighted by molar-refractivity contribution is 0.181. The van der Waals surface area contributed by atoms with Gasteiger partial charge in [0.15, 0.2) is 0 Å². The maximum Gasteiger partial charge on any atom is 0.128 e. The van der Waals surface area contributed by atoms with Crippen molar-refractivity contribution in [1.29, 1.82) is 0 Å². The SMILES string of the molecule is COCc1cc(OC)cc(CBr)c1OC. The molecule has 1 rings (SSSR count). The van der Waals surface area contributed by atoms with Crippen molar-refractivity contribution in [3.63, 3.8) is 0 Å². The van der Waals surface area contributed by atoms with Gasteiger partial charge in [0.1, 0.15) is 11.5 Å². The van der Waals surface area contributed by atoms with Gasteiger partial charge in [-0.1, -0.05) is 15.9 Å². The van der Waals surface area contributed by atoms with E-state index in [2.05, 4.69) is 15.9 Å². The van der Waals surface area contributed by atoms with Gasteiger partial charge in [-0.15, -0.1) is 0 Å². The molecule has 0 aromatic heterocycles. The zero-order valence-electron chi connectivity index (χ0n) is 9.17. The van der Waals surface area contributed by atoms with Crippen molar-refractivity contribution in [3.8, 4) is 11.5 Å². The molecule has 84 valence electrons. The first-order valence-corrected chi connectivity index (χ1v) is 5.67. The summed E-state index contributed by atoms with van der Waals surface area (Å²) in [5, 5.41) is 0.726. The Kier molecular flexibility index (Phi) is 4.91. The molecule has 0 atom stereocenters.